The van der Waals surface area contributed by atoms with Crippen LogP contribution in [-0.4, -0.2) is 62.7 Å². The first kappa shape index (κ1) is 31.8. The van der Waals surface area contributed by atoms with Gasteiger partial charge in [-0.3, -0.25) is 9.59 Å². The average Bonchev–Trinajstić information content (AvgIpc) is 2.94. The number of hydrogen-bond donors (Lipinski definition) is 1. The van der Waals surface area contributed by atoms with E-state index < -0.39 is 34.5 Å². The lowest BCUT2D eigenvalue weighted by molar-refractivity contribution is -0.140. The smallest absolute Gasteiger partial charge is 0.304 e. The number of benzene rings is 3. The summed E-state index contributed by atoms with van der Waals surface area (Å²) in [7, 11) is -1.63. The van der Waals surface area contributed by atoms with E-state index in [1.807, 2.05) is 68.4 Å². The second kappa shape index (κ2) is 14.7. The number of nitrogens with one attached hydrogen (secondary N) is 1. The van der Waals surface area contributed by atoms with E-state index in [1.165, 1.54) is 37.2 Å². The number of carbonyl (C=O) groups excluding carboxylic acids is 2. The molecule has 10 heteroatoms. The summed E-state index contributed by atoms with van der Waals surface area (Å²) in [6.07, 6.45) is 1.88. The van der Waals surface area contributed by atoms with Crippen molar-refractivity contribution in [2.45, 2.75) is 45.7 Å². The van der Waals surface area contributed by atoms with E-state index in [-0.39, 0.29) is 24.6 Å². The molecule has 0 spiro atoms. The number of nitrogens with zero attached hydrogens (tertiary/aromatic N) is 3. The predicted molar refractivity (Wildman–Crippen MR) is 160 cm³/mol. The van der Waals surface area contributed by atoms with Crippen molar-refractivity contribution in [2.24, 2.45) is 0 Å². The monoisotopic (exact) mass is 582 g/mol. The lowest BCUT2D eigenvalue weighted by Gasteiger charge is -2.34. The Morgan fingerprint density at radius 3 is 2.22 bits per heavy atom. The molecule has 41 heavy (non-hydrogen) atoms. The Morgan fingerprint density at radius 2 is 1.59 bits per heavy atom. The molecule has 0 bridgehead atoms. The Labute approximate surface area is 243 Å². The fraction of sp³-hybridized carbons (Fsp3) is 0.355. The molecule has 1 atom stereocenters. The average molecular weight is 583 g/mol. The van der Waals surface area contributed by atoms with Crippen molar-refractivity contribution in [1.29, 1.82) is 0 Å². The highest BCUT2D eigenvalue weighted by molar-refractivity contribution is 7.90. The number of aryl methyl sites for hydroxylation is 1. The van der Waals surface area contributed by atoms with Crippen LogP contribution >= 0.6 is 0 Å². The van der Waals surface area contributed by atoms with E-state index in [9.17, 15) is 22.4 Å². The van der Waals surface area contributed by atoms with Crippen molar-refractivity contribution in [3.8, 4) is 0 Å². The quantitative estimate of drug-likeness (QED) is 0.287. The van der Waals surface area contributed by atoms with Crippen molar-refractivity contribution in [2.75, 3.05) is 31.5 Å². The Balaban J connectivity index is 2.08. The molecule has 8 nitrogen and oxygen atoms in total. The van der Waals surface area contributed by atoms with Gasteiger partial charge in [0.05, 0.1) is 5.69 Å². The molecule has 0 aliphatic rings. The first-order valence-corrected chi connectivity index (χ1v) is 15.1. The van der Waals surface area contributed by atoms with Crippen LogP contribution in [0.3, 0.4) is 0 Å². The van der Waals surface area contributed by atoms with Gasteiger partial charge in [0.25, 0.3) is 0 Å². The lowest BCUT2D eigenvalue weighted by Crippen LogP contribution is -2.54. The summed E-state index contributed by atoms with van der Waals surface area (Å²) in [4.78, 5) is 29.2. The van der Waals surface area contributed by atoms with Crippen LogP contribution in [0.5, 0.6) is 0 Å². The number of hydrogen-bond acceptors (Lipinski definition) is 4. The zero-order chi connectivity index (χ0) is 30.0. The van der Waals surface area contributed by atoms with Gasteiger partial charge in [0.1, 0.15) is 18.4 Å². The standard InChI is InChI=1S/C31H39FN4O4S/c1-5-6-19-33-31(38)29(21-25-14-8-7-9-15-25)35(22-26-16-12-13-24(2)20-26)30(37)23-36(41(39,40)34(3)4)28-18-11-10-17-27(28)32/h7-18,20,29H,5-6,19,21-23H2,1-4H3,(H,33,38)/t29-/m1/s1. The van der Waals surface area contributed by atoms with Gasteiger partial charge in [-0.2, -0.15) is 12.7 Å². The highest BCUT2D eigenvalue weighted by Crippen LogP contribution is 2.24. The van der Waals surface area contributed by atoms with Gasteiger partial charge in [-0.25, -0.2) is 8.70 Å². The molecule has 220 valence electrons. The van der Waals surface area contributed by atoms with Gasteiger partial charge in [0.15, 0.2) is 0 Å². The Morgan fingerprint density at radius 1 is 0.927 bits per heavy atom. The normalized spacial score (nSPS) is 12.1. The zero-order valence-electron chi connectivity index (χ0n) is 24.1. The van der Waals surface area contributed by atoms with Crippen LogP contribution in [0.15, 0.2) is 78.9 Å². The van der Waals surface area contributed by atoms with Crippen molar-refractivity contribution in [3.05, 3.63) is 101 Å². The summed E-state index contributed by atoms with van der Waals surface area (Å²) in [6, 6.07) is 21.4. The Kier molecular flexibility index (Phi) is 11.4. The molecule has 0 aliphatic heterocycles. The summed E-state index contributed by atoms with van der Waals surface area (Å²) in [5.74, 6) is -1.75. The van der Waals surface area contributed by atoms with Crippen molar-refractivity contribution >= 4 is 27.7 Å². The molecule has 0 fully saturated rings. The third-order valence-electron chi connectivity index (χ3n) is 6.68. The minimum absolute atomic E-state index is 0.0618. The third kappa shape index (κ3) is 8.61. The molecule has 0 radical (unpaired) electrons. The maximum absolute atomic E-state index is 14.9. The first-order chi connectivity index (χ1) is 19.5. The molecule has 3 aromatic carbocycles. The van der Waals surface area contributed by atoms with Crippen LogP contribution in [0.2, 0.25) is 0 Å². The van der Waals surface area contributed by atoms with Gasteiger partial charge in [-0.1, -0.05) is 85.6 Å². The van der Waals surface area contributed by atoms with Crippen LogP contribution < -0.4 is 9.62 Å². The van der Waals surface area contributed by atoms with E-state index in [2.05, 4.69) is 5.32 Å². The highest BCUT2D eigenvalue weighted by Gasteiger charge is 2.35. The van der Waals surface area contributed by atoms with E-state index in [1.54, 1.807) is 0 Å². The highest BCUT2D eigenvalue weighted by atomic mass is 32.2. The summed E-state index contributed by atoms with van der Waals surface area (Å²) in [5.41, 5.74) is 2.35. The Bertz CT molecular complexity index is 1420. The summed E-state index contributed by atoms with van der Waals surface area (Å²) in [5, 5.41) is 2.95. The minimum atomic E-state index is -4.27. The number of amides is 2. The van der Waals surface area contributed by atoms with Gasteiger partial charge >= 0.3 is 10.2 Å². The van der Waals surface area contributed by atoms with Crippen LogP contribution in [0.4, 0.5) is 10.1 Å². The largest absolute Gasteiger partial charge is 0.354 e. The lowest BCUT2D eigenvalue weighted by atomic mass is 10.0. The van der Waals surface area contributed by atoms with Crippen molar-refractivity contribution < 1.29 is 22.4 Å². The Hall–Kier alpha value is -3.76. The van der Waals surface area contributed by atoms with Crippen LogP contribution in [0.1, 0.15) is 36.5 Å². The summed E-state index contributed by atoms with van der Waals surface area (Å²) < 4.78 is 43.3. The van der Waals surface area contributed by atoms with Crippen LogP contribution in [0.25, 0.3) is 0 Å². The van der Waals surface area contributed by atoms with Crippen molar-refractivity contribution in [1.82, 2.24) is 14.5 Å². The number of unbranched alkanes of at least 4 members (excludes halogenated alkanes) is 1. The molecule has 0 unspecified atom stereocenters. The van der Waals surface area contributed by atoms with Gasteiger partial charge in [-0.05, 0) is 36.6 Å². The topological polar surface area (TPSA) is 90.0 Å². The van der Waals surface area contributed by atoms with E-state index in [0.717, 1.165) is 44.2 Å². The fourth-order valence-electron chi connectivity index (χ4n) is 4.42. The van der Waals surface area contributed by atoms with Gasteiger partial charge in [0, 0.05) is 33.6 Å². The van der Waals surface area contributed by atoms with Crippen LogP contribution in [-0.2, 0) is 32.8 Å². The number of rotatable bonds is 14. The molecule has 0 aromatic heterocycles. The molecular formula is C31H39FN4O4S. The first-order valence-electron chi connectivity index (χ1n) is 13.7. The third-order valence-corrected chi connectivity index (χ3v) is 8.48. The maximum Gasteiger partial charge on any atom is 0.304 e. The molecule has 2 amide bonds. The molecule has 1 N–H and O–H groups in total. The maximum atomic E-state index is 14.9. The number of anilines is 1. The number of para-hydroxylation sites is 1. The molecule has 0 heterocycles. The fourth-order valence-corrected chi connectivity index (χ4v) is 5.49. The van der Waals surface area contributed by atoms with Crippen molar-refractivity contribution in [3.63, 3.8) is 0 Å². The van der Waals surface area contributed by atoms with Crippen LogP contribution in [0, 0.1) is 12.7 Å². The number of halogens is 1. The zero-order valence-corrected chi connectivity index (χ0v) is 24.9. The van der Waals surface area contributed by atoms with E-state index in [4.69, 9.17) is 0 Å². The predicted octanol–water partition coefficient (Wildman–Crippen LogP) is 4.30. The van der Waals surface area contributed by atoms with Gasteiger partial charge in [-0.15, -0.1) is 0 Å². The molecule has 0 saturated carbocycles. The molecule has 3 rings (SSSR count). The summed E-state index contributed by atoms with van der Waals surface area (Å²) >= 11 is 0. The second-order valence-electron chi connectivity index (χ2n) is 10.1. The SMILES string of the molecule is CCCCNC(=O)[C@@H](Cc1ccccc1)N(Cc1cccc(C)c1)C(=O)CN(c1ccccc1F)S(=O)(=O)N(C)C. The van der Waals surface area contributed by atoms with E-state index in [0.29, 0.717) is 6.54 Å². The van der Waals surface area contributed by atoms with Gasteiger partial charge < -0.3 is 10.2 Å². The second-order valence-corrected chi connectivity index (χ2v) is 12.2. The van der Waals surface area contributed by atoms with E-state index >= 15 is 0 Å². The summed E-state index contributed by atoms with van der Waals surface area (Å²) in [6.45, 7) is 3.76. The minimum Gasteiger partial charge on any atom is -0.354 e. The van der Waals surface area contributed by atoms with Gasteiger partial charge in [0.2, 0.25) is 11.8 Å². The molecule has 0 aliphatic carbocycles. The molecule has 3 aromatic rings. The molecular weight excluding hydrogens is 543 g/mol. The molecule has 0 saturated heterocycles. The number of carbonyl (C=O) groups is 2.